The second kappa shape index (κ2) is 8.94. The van der Waals surface area contributed by atoms with Crippen molar-refractivity contribution in [2.45, 2.75) is 23.7 Å². The molecular weight excluding hydrogens is 460 g/mol. The van der Waals surface area contributed by atoms with E-state index in [1.54, 1.807) is 24.3 Å². The van der Waals surface area contributed by atoms with Crippen molar-refractivity contribution in [2.75, 3.05) is 6.54 Å². The monoisotopic (exact) mass is 473 g/mol. The normalized spacial score (nSPS) is 13.8. The van der Waals surface area contributed by atoms with Gasteiger partial charge in [-0.3, -0.25) is 0 Å². The zero-order chi connectivity index (χ0) is 22.7. The summed E-state index contributed by atoms with van der Waals surface area (Å²) in [5.74, 6) is -0.908. The molecule has 12 heteroatoms. The van der Waals surface area contributed by atoms with Gasteiger partial charge in [0.1, 0.15) is 6.29 Å². The molecule has 0 heterocycles. The van der Waals surface area contributed by atoms with Gasteiger partial charge in [0.15, 0.2) is 0 Å². The quantitative estimate of drug-likeness (QED) is 0.468. The minimum atomic E-state index is -5.19. The Balaban J connectivity index is 2.27. The van der Waals surface area contributed by atoms with E-state index < -0.39 is 50.9 Å². The highest BCUT2D eigenvalue weighted by Gasteiger charge is 2.38. The van der Waals surface area contributed by atoms with Gasteiger partial charge in [0.05, 0.1) is 16.0 Å². The zero-order valence-electron chi connectivity index (χ0n) is 14.9. The topological polar surface area (TPSA) is 63.2 Å². The van der Waals surface area contributed by atoms with Gasteiger partial charge < -0.3 is 4.79 Å². The second-order valence-corrected chi connectivity index (χ2v) is 8.52. The van der Waals surface area contributed by atoms with Crippen LogP contribution in [-0.2, 0) is 33.6 Å². The van der Waals surface area contributed by atoms with Crippen LogP contribution in [0.5, 0.6) is 0 Å². The highest BCUT2D eigenvalue weighted by molar-refractivity contribution is 7.89. The zero-order valence-corrected chi connectivity index (χ0v) is 16.5. The number of aldehydes is 1. The fourth-order valence-corrected chi connectivity index (χ4v) is 3.76. The molecule has 0 spiro atoms. The molecule has 0 aliphatic rings. The summed E-state index contributed by atoms with van der Waals surface area (Å²) in [5, 5.41) is 0.437. The summed E-state index contributed by atoms with van der Waals surface area (Å²) in [6.07, 6.45) is -9.86. The Morgan fingerprint density at radius 3 is 1.87 bits per heavy atom. The van der Waals surface area contributed by atoms with E-state index in [2.05, 4.69) is 0 Å². The molecule has 4 nitrogen and oxygen atoms in total. The van der Waals surface area contributed by atoms with Crippen LogP contribution in [0.25, 0.3) is 0 Å². The van der Waals surface area contributed by atoms with Gasteiger partial charge in [0, 0.05) is 17.5 Å². The third-order valence-electron chi connectivity index (χ3n) is 4.01. The Kier molecular flexibility index (Phi) is 7.20. The maximum Gasteiger partial charge on any atom is 0.416 e. The third-order valence-corrected chi connectivity index (χ3v) is 5.67. The highest BCUT2D eigenvalue weighted by atomic mass is 35.5. The lowest BCUT2D eigenvalue weighted by molar-refractivity contribution is -0.143. The average molecular weight is 474 g/mol. The molecule has 0 fully saturated rings. The van der Waals surface area contributed by atoms with Crippen molar-refractivity contribution in [1.29, 1.82) is 0 Å². The Morgan fingerprint density at radius 2 is 1.43 bits per heavy atom. The number of nitrogens with one attached hydrogen (secondary N) is 1. The van der Waals surface area contributed by atoms with E-state index in [1.807, 2.05) is 4.72 Å². The van der Waals surface area contributed by atoms with E-state index in [0.29, 0.717) is 16.9 Å². The van der Waals surface area contributed by atoms with Gasteiger partial charge in [0.25, 0.3) is 0 Å². The first kappa shape index (κ1) is 24.2. The summed E-state index contributed by atoms with van der Waals surface area (Å²) in [7, 11) is -4.76. The molecule has 0 radical (unpaired) electrons. The lowest BCUT2D eigenvalue weighted by Crippen LogP contribution is -2.31. The van der Waals surface area contributed by atoms with Gasteiger partial charge in [-0.15, -0.1) is 0 Å². The first-order valence-corrected chi connectivity index (χ1v) is 10.1. The molecule has 164 valence electrons. The smallest absolute Gasteiger partial charge is 0.303 e. The lowest BCUT2D eigenvalue weighted by atomic mass is 10.0. The maximum atomic E-state index is 12.9. The molecule has 0 aliphatic heterocycles. The van der Waals surface area contributed by atoms with Crippen molar-refractivity contribution >= 4 is 27.9 Å². The van der Waals surface area contributed by atoms with E-state index >= 15 is 0 Å². The number of hydrogen-bond donors (Lipinski definition) is 1. The Labute approximate surface area is 172 Å². The summed E-state index contributed by atoms with van der Waals surface area (Å²) in [5.41, 5.74) is -2.88. The van der Waals surface area contributed by atoms with Gasteiger partial charge in [-0.1, -0.05) is 23.7 Å². The molecule has 30 heavy (non-hydrogen) atoms. The number of sulfonamides is 1. The lowest BCUT2D eigenvalue weighted by Gasteiger charge is -2.16. The molecular formula is C18H14ClF6NO3S. The van der Waals surface area contributed by atoms with Crippen molar-refractivity contribution in [3.8, 4) is 0 Å². The number of hydrogen-bond acceptors (Lipinski definition) is 3. The molecule has 2 rings (SSSR count). The minimum absolute atomic E-state index is 0.0829. The van der Waals surface area contributed by atoms with Gasteiger partial charge in [-0.2, -0.15) is 26.3 Å². The molecule has 2 aromatic rings. The molecule has 0 aliphatic carbocycles. The first-order valence-electron chi connectivity index (χ1n) is 8.21. The van der Waals surface area contributed by atoms with Crippen molar-refractivity contribution in [3.63, 3.8) is 0 Å². The van der Waals surface area contributed by atoms with E-state index in [1.165, 1.54) is 0 Å². The molecule has 1 N–H and O–H groups in total. The first-order chi connectivity index (χ1) is 13.7. The highest BCUT2D eigenvalue weighted by Crippen LogP contribution is 2.37. The summed E-state index contributed by atoms with van der Waals surface area (Å²) in [6, 6.07) is 6.31. The summed E-state index contributed by atoms with van der Waals surface area (Å²) in [4.78, 5) is 10.0. The SMILES string of the molecule is O=CC(CNS(=O)(=O)c1cc(C(F)(F)F)cc(C(F)(F)F)c1)Cc1ccc(Cl)cc1. The fourth-order valence-electron chi connectivity index (χ4n) is 2.47. The number of carbonyl (C=O) groups excluding carboxylic acids is 1. The average Bonchev–Trinajstić information content (AvgIpc) is 2.65. The standard InChI is InChI=1S/C18H14ClF6NO3S/c19-15-3-1-11(2-4-15)5-12(10-27)9-26-30(28,29)16-7-13(17(20,21)22)6-14(8-16)18(23,24)25/h1-4,6-8,10,12,26H,5,9H2. The molecule has 0 aromatic heterocycles. The van der Waals surface area contributed by atoms with E-state index in [0.717, 1.165) is 0 Å². The van der Waals surface area contributed by atoms with Gasteiger partial charge >= 0.3 is 12.4 Å². The Bertz CT molecular complexity index is 972. The molecule has 1 atom stereocenters. The second-order valence-electron chi connectivity index (χ2n) is 6.32. The molecule has 2 aromatic carbocycles. The van der Waals surface area contributed by atoms with Crippen LogP contribution in [0.1, 0.15) is 16.7 Å². The van der Waals surface area contributed by atoms with Crippen molar-refractivity contribution in [3.05, 3.63) is 64.2 Å². The van der Waals surface area contributed by atoms with E-state index in [4.69, 9.17) is 11.6 Å². The number of benzene rings is 2. The van der Waals surface area contributed by atoms with Crippen LogP contribution in [-0.4, -0.2) is 21.2 Å². The van der Waals surface area contributed by atoms with Gasteiger partial charge in [-0.05, 0) is 42.3 Å². The Hall–Kier alpha value is -2.11. The van der Waals surface area contributed by atoms with Crippen LogP contribution in [0.2, 0.25) is 5.02 Å². The van der Waals surface area contributed by atoms with Gasteiger partial charge in [-0.25, -0.2) is 13.1 Å². The maximum absolute atomic E-state index is 12.9. The number of alkyl halides is 6. The number of halogens is 7. The largest absolute Gasteiger partial charge is 0.416 e. The predicted molar refractivity (Wildman–Crippen MR) is 96.3 cm³/mol. The van der Waals surface area contributed by atoms with Crippen molar-refractivity contribution in [1.82, 2.24) is 4.72 Å². The van der Waals surface area contributed by atoms with Crippen LogP contribution in [0.3, 0.4) is 0 Å². The van der Waals surface area contributed by atoms with Crippen molar-refractivity contribution in [2.24, 2.45) is 5.92 Å². The molecule has 0 amide bonds. The van der Waals surface area contributed by atoms with Gasteiger partial charge in [0.2, 0.25) is 10.0 Å². The number of carbonyl (C=O) groups is 1. The van der Waals surface area contributed by atoms with Crippen molar-refractivity contribution < 1.29 is 39.6 Å². The van der Waals surface area contributed by atoms with Crippen LogP contribution < -0.4 is 4.72 Å². The molecule has 0 bridgehead atoms. The number of rotatable bonds is 7. The van der Waals surface area contributed by atoms with Crippen LogP contribution in [0.4, 0.5) is 26.3 Å². The summed E-state index contributed by atoms with van der Waals surface area (Å²) >= 11 is 5.74. The predicted octanol–water partition coefficient (Wildman–Crippen LogP) is 4.71. The fraction of sp³-hybridized carbons (Fsp3) is 0.278. The minimum Gasteiger partial charge on any atom is -0.303 e. The molecule has 0 saturated carbocycles. The van der Waals surface area contributed by atoms with Crippen LogP contribution >= 0.6 is 11.6 Å². The van der Waals surface area contributed by atoms with Crippen LogP contribution in [0, 0.1) is 5.92 Å². The Morgan fingerprint density at radius 1 is 0.933 bits per heavy atom. The van der Waals surface area contributed by atoms with Crippen LogP contribution in [0.15, 0.2) is 47.4 Å². The molecule has 1 unspecified atom stereocenters. The summed E-state index contributed by atoms with van der Waals surface area (Å²) < 4.78 is 104. The van der Waals surface area contributed by atoms with E-state index in [9.17, 15) is 39.6 Å². The summed E-state index contributed by atoms with van der Waals surface area (Å²) in [6.45, 7) is -0.522. The molecule has 0 saturated heterocycles. The third kappa shape index (κ3) is 6.44. The van der Waals surface area contributed by atoms with E-state index in [-0.39, 0.29) is 24.6 Å².